The number of hydrogen-bond donors (Lipinski definition) is 1. The topological polar surface area (TPSA) is 92.9 Å². The minimum absolute atomic E-state index is 0.0916. The Morgan fingerprint density at radius 2 is 1.64 bits per heavy atom. The molecule has 2 heterocycles. The van der Waals surface area contributed by atoms with E-state index >= 15 is 0 Å². The monoisotopic (exact) mass is 345 g/mol. The highest BCUT2D eigenvalue weighted by Crippen LogP contribution is 2.40. The Bertz CT molecular complexity index is 715. The summed E-state index contributed by atoms with van der Waals surface area (Å²) in [6.45, 7) is 7.14. The summed E-state index contributed by atoms with van der Waals surface area (Å²) < 4.78 is 5.36. The van der Waals surface area contributed by atoms with Crippen LogP contribution in [0.4, 0.5) is 4.79 Å². The van der Waals surface area contributed by atoms with Crippen LogP contribution in [0.5, 0.6) is 0 Å². The fourth-order valence-corrected chi connectivity index (χ4v) is 3.24. The molecule has 134 valence electrons. The first kappa shape index (κ1) is 17.3. The molecule has 0 aromatic heterocycles. The molecule has 3 rings (SSSR count). The van der Waals surface area contributed by atoms with Crippen molar-refractivity contribution >= 4 is 17.9 Å². The van der Waals surface area contributed by atoms with E-state index in [2.05, 4.69) is 0 Å². The summed E-state index contributed by atoms with van der Waals surface area (Å²) in [5, 5.41) is 0. The Morgan fingerprint density at radius 3 is 2.08 bits per heavy atom. The molecule has 1 spiro atoms. The number of hydrogen-bond acceptors (Lipinski definition) is 4. The fraction of sp³-hybridized carbons (Fsp3) is 0.500. The van der Waals surface area contributed by atoms with Gasteiger partial charge >= 0.3 is 6.09 Å². The number of likely N-dealkylation sites (tertiary alicyclic amines) is 2. The van der Waals surface area contributed by atoms with E-state index in [1.165, 1.54) is 0 Å². The molecular formula is C18H23N3O4. The first-order chi connectivity index (χ1) is 11.6. The lowest BCUT2D eigenvalue weighted by atomic mass is 9.77. The van der Waals surface area contributed by atoms with Gasteiger partial charge in [0.05, 0.1) is 5.54 Å². The fourth-order valence-electron chi connectivity index (χ4n) is 3.24. The molecule has 0 bridgehead atoms. The summed E-state index contributed by atoms with van der Waals surface area (Å²) in [5.74, 6) is -0.613. The quantitative estimate of drug-likeness (QED) is 0.881. The average Bonchev–Trinajstić information content (AvgIpc) is 2.43. The zero-order valence-electron chi connectivity index (χ0n) is 14.7. The molecule has 0 saturated carbocycles. The highest BCUT2D eigenvalue weighted by atomic mass is 16.6. The molecule has 7 heteroatoms. The Labute approximate surface area is 146 Å². The number of primary amides is 1. The number of ether oxygens (including phenoxy) is 1. The highest BCUT2D eigenvalue weighted by molar-refractivity contribution is 5.98. The first-order valence-electron chi connectivity index (χ1n) is 8.31. The van der Waals surface area contributed by atoms with Crippen molar-refractivity contribution in [1.82, 2.24) is 9.80 Å². The van der Waals surface area contributed by atoms with Crippen molar-refractivity contribution in [3.63, 3.8) is 0 Å². The normalized spacial score (nSPS) is 18.4. The summed E-state index contributed by atoms with van der Waals surface area (Å²) >= 11 is 0. The van der Waals surface area contributed by atoms with Gasteiger partial charge in [-0.05, 0) is 51.5 Å². The van der Waals surface area contributed by atoms with Crippen molar-refractivity contribution < 1.29 is 19.1 Å². The smallest absolute Gasteiger partial charge is 0.410 e. The molecule has 7 nitrogen and oxygen atoms in total. The molecule has 1 aromatic carbocycles. The third-order valence-corrected chi connectivity index (χ3v) is 4.66. The summed E-state index contributed by atoms with van der Waals surface area (Å²) in [6, 6.07) is 6.32. The van der Waals surface area contributed by atoms with Gasteiger partial charge in [0, 0.05) is 30.8 Å². The predicted octanol–water partition coefficient (Wildman–Crippen LogP) is 1.62. The van der Waals surface area contributed by atoms with Crippen molar-refractivity contribution in [3.8, 4) is 0 Å². The second-order valence-electron chi connectivity index (χ2n) is 7.71. The van der Waals surface area contributed by atoms with Crippen LogP contribution in [0.15, 0.2) is 24.3 Å². The Hall–Kier alpha value is -2.57. The van der Waals surface area contributed by atoms with E-state index in [9.17, 15) is 14.4 Å². The average molecular weight is 345 g/mol. The van der Waals surface area contributed by atoms with Crippen LogP contribution in [0.3, 0.4) is 0 Å². The van der Waals surface area contributed by atoms with E-state index in [4.69, 9.17) is 10.5 Å². The molecule has 1 aromatic rings. The van der Waals surface area contributed by atoms with Gasteiger partial charge in [0.15, 0.2) is 0 Å². The maximum Gasteiger partial charge on any atom is 0.410 e. The molecule has 2 aliphatic heterocycles. The van der Waals surface area contributed by atoms with Gasteiger partial charge in [0.25, 0.3) is 5.91 Å². The number of nitrogens with zero attached hydrogens (tertiary/aromatic N) is 2. The zero-order chi connectivity index (χ0) is 18.4. The number of nitrogens with two attached hydrogens (primary N) is 1. The number of carbonyl (C=O) groups excluding carboxylic acids is 3. The SMILES string of the molecule is CC(C)(C)OC(=O)N1CC2(CCN2C(=O)c2ccc(C(N)=O)cc2)C1. The largest absolute Gasteiger partial charge is 0.444 e. The predicted molar refractivity (Wildman–Crippen MR) is 91.2 cm³/mol. The maximum atomic E-state index is 12.7. The minimum Gasteiger partial charge on any atom is -0.444 e. The number of carbonyl (C=O) groups is 3. The van der Waals surface area contributed by atoms with E-state index < -0.39 is 11.5 Å². The molecule has 3 amide bonds. The van der Waals surface area contributed by atoms with E-state index in [1.807, 2.05) is 20.8 Å². The maximum absolute atomic E-state index is 12.7. The van der Waals surface area contributed by atoms with Crippen molar-refractivity contribution in [1.29, 1.82) is 0 Å². The van der Waals surface area contributed by atoms with Crippen LogP contribution in [0, 0.1) is 0 Å². The van der Waals surface area contributed by atoms with Crippen molar-refractivity contribution in [2.75, 3.05) is 19.6 Å². The van der Waals surface area contributed by atoms with Crippen LogP contribution in [0.25, 0.3) is 0 Å². The van der Waals surface area contributed by atoms with Crippen molar-refractivity contribution in [2.45, 2.75) is 38.3 Å². The van der Waals surface area contributed by atoms with Crippen molar-refractivity contribution in [3.05, 3.63) is 35.4 Å². The second-order valence-corrected chi connectivity index (χ2v) is 7.71. The van der Waals surface area contributed by atoms with E-state index in [0.717, 1.165) is 6.42 Å². The van der Waals surface area contributed by atoms with Crippen LogP contribution in [0.2, 0.25) is 0 Å². The van der Waals surface area contributed by atoms with Crippen molar-refractivity contribution in [2.24, 2.45) is 5.73 Å². The Kier molecular flexibility index (Phi) is 3.97. The minimum atomic E-state index is -0.531. The van der Waals surface area contributed by atoms with Gasteiger partial charge in [-0.15, -0.1) is 0 Å². The lowest BCUT2D eigenvalue weighted by molar-refractivity contribution is -0.0994. The molecule has 2 saturated heterocycles. The van der Waals surface area contributed by atoms with E-state index in [1.54, 1.807) is 34.1 Å². The molecule has 25 heavy (non-hydrogen) atoms. The van der Waals surface area contributed by atoms with Gasteiger partial charge in [-0.3, -0.25) is 9.59 Å². The van der Waals surface area contributed by atoms with E-state index in [-0.39, 0.29) is 17.5 Å². The third kappa shape index (κ3) is 3.18. The standard InChI is InChI=1S/C18H23N3O4/c1-17(2,3)25-16(24)20-10-18(11-20)8-9-21(18)15(23)13-6-4-12(5-7-13)14(19)22/h4-7H,8-11H2,1-3H3,(H2,19,22). The van der Waals surface area contributed by atoms with Gasteiger partial charge < -0.3 is 20.3 Å². The molecule has 0 unspecified atom stereocenters. The molecule has 0 atom stereocenters. The van der Waals surface area contributed by atoms with Crippen LogP contribution in [-0.4, -0.2) is 58.5 Å². The molecule has 2 N–H and O–H groups in total. The molecule has 2 aliphatic rings. The van der Waals surface area contributed by atoms with Crippen LogP contribution in [-0.2, 0) is 4.74 Å². The van der Waals surface area contributed by atoms with Crippen LogP contribution in [0.1, 0.15) is 47.9 Å². The molecular weight excluding hydrogens is 322 g/mol. The van der Waals surface area contributed by atoms with Crippen LogP contribution < -0.4 is 5.73 Å². The number of rotatable bonds is 2. The number of benzene rings is 1. The number of amides is 3. The second kappa shape index (κ2) is 5.75. The molecule has 0 aliphatic carbocycles. The van der Waals surface area contributed by atoms with Gasteiger partial charge in [-0.25, -0.2) is 4.79 Å². The lowest BCUT2D eigenvalue weighted by Gasteiger charge is -2.62. The molecule has 0 radical (unpaired) electrons. The Morgan fingerprint density at radius 1 is 1.08 bits per heavy atom. The lowest BCUT2D eigenvalue weighted by Crippen LogP contribution is -2.78. The Balaban J connectivity index is 1.63. The third-order valence-electron chi connectivity index (χ3n) is 4.66. The van der Waals surface area contributed by atoms with Gasteiger partial charge in [0.1, 0.15) is 5.60 Å². The zero-order valence-corrected chi connectivity index (χ0v) is 14.7. The van der Waals surface area contributed by atoms with Gasteiger partial charge in [0.2, 0.25) is 5.91 Å². The van der Waals surface area contributed by atoms with E-state index in [0.29, 0.717) is 30.8 Å². The van der Waals surface area contributed by atoms with Gasteiger partial charge in [-0.2, -0.15) is 0 Å². The summed E-state index contributed by atoms with van der Waals surface area (Å²) in [4.78, 5) is 39.3. The van der Waals surface area contributed by atoms with Crippen LogP contribution >= 0.6 is 0 Å². The summed E-state index contributed by atoms with van der Waals surface area (Å²) in [6.07, 6.45) is 0.528. The van der Waals surface area contributed by atoms with Gasteiger partial charge in [-0.1, -0.05) is 0 Å². The summed E-state index contributed by atoms with van der Waals surface area (Å²) in [5.41, 5.74) is 5.29. The molecule has 2 fully saturated rings. The highest BCUT2D eigenvalue weighted by Gasteiger charge is 2.57. The first-order valence-corrected chi connectivity index (χ1v) is 8.31. The summed E-state index contributed by atoms with van der Waals surface area (Å²) in [7, 11) is 0.